The molecule has 19 heavy (non-hydrogen) atoms. The van der Waals surface area contributed by atoms with Crippen LogP contribution in [0.5, 0.6) is 5.75 Å². The molecule has 2 rings (SSSR count). The largest absolute Gasteiger partial charge is 0.489 e. The number of hydrogen-bond donors (Lipinski definition) is 1. The third kappa shape index (κ3) is 4.20. The number of hydrogen-bond acceptors (Lipinski definition) is 4. The highest BCUT2D eigenvalue weighted by atomic mass is 35.5. The van der Waals surface area contributed by atoms with Gasteiger partial charge in [0.1, 0.15) is 11.9 Å². The van der Waals surface area contributed by atoms with Crippen molar-refractivity contribution < 1.29 is 4.74 Å². The van der Waals surface area contributed by atoms with E-state index in [1.807, 2.05) is 37.4 Å². The Kier molecular flexibility index (Phi) is 4.80. The van der Waals surface area contributed by atoms with E-state index in [2.05, 4.69) is 4.98 Å². The van der Waals surface area contributed by atoms with Gasteiger partial charge in [0.25, 0.3) is 0 Å². The van der Waals surface area contributed by atoms with Gasteiger partial charge in [-0.05, 0) is 32.0 Å². The molecule has 0 saturated carbocycles. The van der Waals surface area contributed by atoms with Crippen molar-refractivity contribution in [2.45, 2.75) is 32.4 Å². The van der Waals surface area contributed by atoms with Crippen molar-refractivity contribution in [1.82, 2.24) is 4.98 Å². The van der Waals surface area contributed by atoms with Gasteiger partial charge in [0.2, 0.25) is 0 Å². The summed E-state index contributed by atoms with van der Waals surface area (Å²) in [7, 11) is 0. The first-order valence-electron chi connectivity index (χ1n) is 6.13. The Bertz CT molecular complexity index is 544. The zero-order valence-electron chi connectivity index (χ0n) is 11.0. The molecule has 0 aliphatic heterocycles. The zero-order chi connectivity index (χ0) is 13.8. The van der Waals surface area contributed by atoms with Crippen molar-refractivity contribution in [3.63, 3.8) is 0 Å². The summed E-state index contributed by atoms with van der Waals surface area (Å²) in [6, 6.07) is 7.25. The lowest BCUT2D eigenvalue weighted by atomic mass is 10.1. The molecule has 0 saturated heterocycles. The van der Waals surface area contributed by atoms with Crippen LogP contribution in [0, 0.1) is 6.92 Å². The van der Waals surface area contributed by atoms with Crippen molar-refractivity contribution in [2.24, 2.45) is 5.73 Å². The molecular weight excluding hydrogens is 280 g/mol. The number of thiazole rings is 1. The average molecular weight is 297 g/mol. The van der Waals surface area contributed by atoms with E-state index < -0.39 is 0 Å². The Morgan fingerprint density at radius 1 is 1.47 bits per heavy atom. The molecule has 2 aromatic rings. The lowest BCUT2D eigenvalue weighted by molar-refractivity contribution is 0.189. The van der Waals surface area contributed by atoms with Gasteiger partial charge < -0.3 is 10.5 Å². The normalized spacial score (nSPS) is 14.1. The number of halogens is 1. The van der Waals surface area contributed by atoms with E-state index in [0.717, 1.165) is 22.9 Å². The fourth-order valence-electron chi connectivity index (χ4n) is 1.71. The van der Waals surface area contributed by atoms with E-state index in [4.69, 9.17) is 22.1 Å². The SMILES string of the molecule is Cc1csc(CC(N)C(C)Oc2cccc(Cl)c2)n1. The molecule has 3 nitrogen and oxygen atoms in total. The van der Waals surface area contributed by atoms with Gasteiger partial charge in [0.15, 0.2) is 0 Å². The topological polar surface area (TPSA) is 48.1 Å². The summed E-state index contributed by atoms with van der Waals surface area (Å²) in [6.45, 7) is 3.95. The maximum absolute atomic E-state index is 6.15. The Morgan fingerprint density at radius 2 is 2.26 bits per heavy atom. The van der Waals surface area contributed by atoms with Crippen molar-refractivity contribution in [2.75, 3.05) is 0 Å². The second-order valence-electron chi connectivity index (χ2n) is 4.53. The quantitative estimate of drug-likeness (QED) is 0.919. The summed E-state index contributed by atoms with van der Waals surface area (Å²) in [5.74, 6) is 0.741. The van der Waals surface area contributed by atoms with Crippen LogP contribution in [0.3, 0.4) is 0 Å². The molecule has 0 aliphatic carbocycles. The summed E-state index contributed by atoms with van der Waals surface area (Å²) in [5.41, 5.74) is 7.19. The lowest BCUT2D eigenvalue weighted by Crippen LogP contribution is -2.38. The summed E-state index contributed by atoms with van der Waals surface area (Å²) >= 11 is 7.56. The molecule has 1 heterocycles. The van der Waals surface area contributed by atoms with E-state index in [0.29, 0.717) is 5.02 Å². The minimum absolute atomic E-state index is 0.0930. The van der Waals surface area contributed by atoms with Gasteiger partial charge in [-0.15, -0.1) is 11.3 Å². The van der Waals surface area contributed by atoms with Crippen LogP contribution in [0.1, 0.15) is 17.6 Å². The number of benzene rings is 1. The molecule has 2 atom stereocenters. The summed E-state index contributed by atoms with van der Waals surface area (Å²) < 4.78 is 5.80. The maximum Gasteiger partial charge on any atom is 0.121 e. The molecule has 5 heteroatoms. The monoisotopic (exact) mass is 296 g/mol. The van der Waals surface area contributed by atoms with Crippen LogP contribution in [0.4, 0.5) is 0 Å². The van der Waals surface area contributed by atoms with Crippen LogP contribution in [-0.4, -0.2) is 17.1 Å². The first-order valence-corrected chi connectivity index (χ1v) is 7.39. The minimum atomic E-state index is -0.0947. The molecule has 0 fully saturated rings. The minimum Gasteiger partial charge on any atom is -0.489 e. The van der Waals surface area contributed by atoms with Crippen LogP contribution in [0.15, 0.2) is 29.6 Å². The van der Waals surface area contributed by atoms with Gasteiger partial charge in [-0.1, -0.05) is 17.7 Å². The molecule has 0 amide bonds. The molecule has 1 aromatic carbocycles. The van der Waals surface area contributed by atoms with Crippen LogP contribution in [0.2, 0.25) is 5.02 Å². The average Bonchev–Trinajstić information content (AvgIpc) is 2.74. The molecule has 2 unspecified atom stereocenters. The van der Waals surface area contributed by atoms with Gasteiger partial charge in [-0.3, -0.25) is 0 Å². The summed E-state index contributed by atoms with van der Waals surface area (Å²) in [5, 5.41) is 3.74. The molecule has 1 aromatic heterocycles. The van der Waals surface area contributed by atoms with Gasteiger partial charge in [0.05, 0.1) is 5.01 Å². The second kappa shape index (κ2) is 6.37. The lowest BCUT2D eigenvalue weighted by Gasteiger charge is -2.20. The second-order valence-corrected chi connectivity index (χ2v) is 5.91. The standard InChI is InChI=1S/C14H17ClN2OS/c1-9-8-19-14(17-9)7-13(16)10(2)18-12-5-3-4-11(15)6-12/h3-6,8,10,13H,7,16H2,1-2H3. The van der Waals surface area contributed by atoms with Crippen molar-refractivity contribution in [1.29, 1.82) is 0 Å². The first-order chi connectivity index (χ1) is 9.04. The number of ether oxygens (including phenoxy) is 1. The molecule has 0 aliphatic rings. The van der Waals surface area contributed by atoms with Crippen LogP contribution >= 0.6 is 22.9 Å². The highest BCUT2D eigenvalue weighted by Crippen LogP contribution is 2.20. The Hall–Kier alpha value is -1.10. The first kappa shape index (κ1) is 14.3. The molecule has 0 radical (unpaired) electrons. The number of nitrogens with two attached hydrogens (primary N) is 1. The summed E-state index contributed by atoms with van der Waals surface area (Å²) in [4.78, 5) is 4.42. The van der Waals surface area contributed by atoms with E-state index in [1.165, 1.54) is 0 Å². The van der Waals surface area contributed by atoms with Gasteiger partial charge >= 0.3 is 0 Å². The molecule has 0 spiro atoms. The number of nitrogens with zero attached hydrogens (tertiary/aromatic N) is 1. The fourth-order valence-corrected chi connectivity index (χ4v) is 2.73. The van der Waals surface area contributed by atoms with Crippen LogP contribution < -0.4 is 10.5 Å². The summed E-state index contributed by atoms with van der Waals surface area (Å²) in [6.07, 6.45) is 0.628. The molecule has 102 valence electrons. The Morgan fingerprint density at radius 3 is 2.89 bits per heavy atom. The highest BCUT2D eigenvalue weighted by molar-refractivity contribution is 7.09. The van der Waals surface area contributed by atoms with Gasteiger partial charge in [0, 0.05) is 28.6 Å². The third-order valence-corrected chi connectivity index (χ3v) is 4.02. The van der Waals surface area contributed by atoms with E-state index in [1.54, 1.807) is 17.4 Å². The fraction of sp³-hybridized carbons (Fsp3) is 0.357. The predicted octanol–water partition coefficient (Wildman–Crippen LogP) is 3.44. The van der Waals surface area contributed by atoms with E-state index in [-0.39, 0.29) is 12.1 Å². The van der Waals surface area contributed by atoms with E-state index >= 15 is 0 Å². The Balaban J connectivity index is 1.93. The maximum atomic E-state index is 6.15. The van der Waals surface area contributed by atoms with Gasteiger partial charge in [-0.2, -0.15) is 0 Å². The number of rotatable bonds is 5. The van der Waals surface area contributed by atoms with Crippen molar-refractivity contribution in [3.05, 3.63) is 45.4 Å². The number of aromatic nitrogens is 1. The van der Waals surface area contributed by atoms with Crippen molar-refractivity contribution in [3.8, 4) is 5.75 Å². The van der Waals surface area contributed by atoms with Crippen LogP contribution in [-0.2, 0) is 6.42 Å². The highest BCUT2D eigenvalue weighted by Gasteiger charge is 2.16. The number of aryl methyl sites for hydroxylation is 1. The van der Waals surface area contributed by atoms with Crippen molar-refractivity contribution >= 4 is 22.9 Å². The molecule has 0 bridgehead atoms. The molecular formula is C14H17ClN2OS. The van der Waals surface area contributed by atoms with Crippen LogP contribution in [0.25, 0.3) is 0 Å². The smallest absolute Gasteiger partial charge is 0.121 e. The van der Waals surface area contributed by atoms with Gasteiger partial charge in [-0.25, -0.2) is 4.98 Å². The van der Waals surface area contributed by atoms with E-state index in [9.17, 15) is 0 Å². The molecule has 2 N–H and O–H groups in total. The predicted molar refractivity (Wildman–Crippen MR) is 80.1 cm³/mol. The third-order valence-electron chi connectivity index (χ3n) is 2.80. The zero-order valence-corrected chi connectivity index (χ0v) is 12.5. The Labute approximate surface area is 122 Å².